The number of carbonyl (C=O) groups is 1. The first-order valence-electron chi connectivity index (χ1n) is 20.9. The van der Waals surface area contributed by atoms with E-state index >= 15 is 0 Å². The summed E-state index contributed by atoms with van der Waals surface area (Å²) in [5.74, 6) is 0.363. The number of aliphatic hydroxyl groups excluding tert-OH is 2. The Hall–Kier alpha value is -4.29. The van der Waals surface area contributed by atoms with Gasteiger partial charge in [-0.25, -0.2) is 4.79 Å². The molecular formula is C47H60N2O8S. The van der Waals surface area contributed by atoms with Crippen molar-refractivity contribution in [3.05, 3.63) is 108 Å². The molecule has 11 heteroatoms. The van der Waals surface area contributed by atoms with Gasteiger partial charge in [-0.3, -0.25) is 4.90 Å². The van der Waals surface area contributed by atoms with E-state index in [4.69, 9.17) is 28.9 Å². The molecule has 3 aromatic rings. The third kappa shape index (κ3) is 9.76. The minimum Gasteiger partial charge on any atom is -0.459 e. The summed E-state index contributed by atoms with van der Waals surface area (Å²) in [6, 6.07) is 23.4. The average Bonchev–Trinajstić information content (AvgIpc) is 3.24. The fourth-order valence-corrected chi connectivity index (χ4v) is 9.48. The van der Waals surface area contributed by atoms with Crippen molar-refractivity contribution in [3.8, 4) is 17.2 Å². The predicted octanol–water partition coefficient (Wildman–Crippen LogP) is 9.90. The van der Waals surface area contributed by atoms with Gasteiger partial charge >= 0.3 is 6.09 Å². The Balaban J connectivity index is 1.57. The Labute approximate surface area is 348 Å². The summed E-state index contributed by atoms with van der Waals surface area (Å²) in [6.07, 6.45) is 11.4. The van der Waals surface area contributed by atoms with Crippen LogP contribution in [-0.2, 0) is 20.9 Å². The van der Waals surface area contributed by atoms with Crippen LogP contribution in [0.25, 0.3) is 0 Å². The van der Waals surface area contributed by atoms with Crippen molar-refractivity contribution in [3.63, 3.8) is 0 Å². The number of hydrogen-bond acceptors (Lipinski definition) is 10. The smallest absolute Gasteiger partial charge is 0.410 e. The maximum absolute atomic E-state index is 14.0. The zero-order valence-corrected chi connectivity index (χ0v) is 35.0. The highest BCUT2D eigenvalue weighted by molar-refractivity contribution is 7.98. The van der Waals surface area contributed by atoms with Crippen LogP contribution in [0.2, 0.25) is 0 Å². The second-order valence-electron chi connectivity index (χ2n) is 15.2. The van der Waals surface area contributed by atoms with Crippen LogP contribution in [-0.4, -0.2) is 78.0 Å². The Morgan fingerprint density at radius 1 is 1.00 bits per heavy atom. The predicted molar refractivity (Wildman–Crippen MR) is 229 cm³/mol. The van der Waals surface area contributed by atoms with Crippen molar-refractivity contribution >= 4 is 23.6 Å². The fraction of sp³-hybridized carbons (Fsp3) is 0.489. The Morgan fingerprint density at radius 3 is 2.43 bits per heavy atom. The van der Waals surface area contributed by atoms with Gasteiger partial charge in [0, 0.05) is 42.6 Å². The molecule has 6 unspecified atom stereocenters. The van der Waals surface area contributed by atoms with Crippen molar-refractivity contribution in [1.82, 2.24) is 4.90 Å². The molecule has 0 aromatic heterocycles. The molecule has 0 radical (unpaired) electrons. The van der Waals surface area contributed by atoms with E-state index in [1.165, 1.54) is 0 Å². The molecule has 3 aliphatic rings. The summed E-state index contributed by atoms with van der Waals surface area (Å²) in [4.78, 5) is 23.1. The van der Waals surface area contributed by atoms with Crippen molar-refractivity contribution in [2.45, 2.75) is 94.5 Å². The summed E-state index contributed by atoms with van der Waals surface area (Å²) in [7, 11) is 0. The molecule has 0 saturated heterocycles. The molecule has 6 atom stereocenters. The van der Waals surface area contributed by atoms with Gasteiger partial charge in [0.1, 0.15) is 29.9 Å². The molecule has 1 fully saturated rings. The van der Waals surface area contributed by atoms with Crippen LogP contribution < -0.4 is 9.47 Å². The molecule has 0 spiro atoms. The number of ether oxygens (including phenoxy) is 4. The maximum Gasteiger partial charge on any atom is 0.410 e. The summed E-state index contributed by atoms with van der Waals surface area (Å²) >= 11 is 1.68. The number of unbranched alkanes of at least 4 members (excludes halogenated alkanes) is 2. The lowest BCUT2D eigenvalue weighted by Crippen LogP contribution is -2.70. The van der Waals surface area contributed by atoms with E-state index < -0.39 is 23.8 Å². The number of aliphatic hydroxyl groups is 2. The summed E-state index contributed by atoms with van der Waals surface area (Å²) in [5, 5.41) is 24.7. The van der Waals surface area contributed by atoms with Gasteiger partial charge in [0.25, 0.3) is 0 Å². The number of hydrogen-bond donors (Lipinski definition) is 2. The number of carbonyl (C=O) groups excluding carboxylic acids is 1. The second-order valence-corrected chi connectivity index (χ2v) is 16.1. The number of allylic oxidation sites excluding steroid dienone is 1. The molecule has 1 aliphatic heterocycles. The number of thioether (sulfide) groups is 1. The lowest BCUT2D eigenvalue weighted by Gasteiger charge is -2.59. The van der Waals surface area contributed by atoms with Gasteiger partial charge in [-0.05, 0) is 111 Å². The van der Waals surface area contributed by atoms with Crippen LogP contribution >= 0.6 is 11.8 Å². The standard InChI is InChI=1S/C47H60N2O8S/c1-5-25-49(46(52)53-7-3)43-31-41(48-55-32-33-15-9-8-10-16-33)39-29-34(17-11-13-26-50)38(18-12-14-27-51)44-40-30-36(56-35-19-22-37(58-4)23-20-35)21-24-42(40)57-47(43,45(39)44)54-28-6-2/h6,8-10,15-16,19-24,29-30,34,38,43-45,50-51H,2,5,7,11-14,17-18,25-28,31-32H2,1,3-4H3. The molecular weight excluding hydrogens is 753 g/mol. The van der Waals surface area contributed by atoms with E-state index in [2.05, 4.69) is 25.0 Å². The Morgan fingerprint density at radius 2 is 1.74 bits per heavy atom. The van der Waals surface area contributed by atoms with E-state index in [1.807, 2.05) is 80.6 Å². The highest BCUT2D eigenvalue weighted by Crippen LogP contribution is 2.62. The third-order valence-electron chi connectivity index (χ3n) is 11.5. The van der Waals surface area contributed by atoms with E-state index in [0.29, 0.717) is 43.7 Å². The Bertz CT molecular complexity index is 1850. The SMILES string of the molecule is C=CCOC12Oc3ccc(Oc4ccc(SC)cc4)cc3C3C(CCCCO)C(CCCCO)C=C(C(=NOCc4ccccc4)CC1N(CCC)C(=O)OCC)C32. The average molecular weight is 813 g/mol. The van der Waals surface area contributed by atoms with Crippen LogP contribution in [0.15, 0.2) is 107 Å². The van der Waals surface area contributed by atoms with Gasteiger partial charge < -0.3 is 34.0 Å². The van der Waals surface area contributed by atoms with Crippen LogP contribution in [0, 0.1) is 17.8 Å². The van der Waals surface area contributed by atoms with Gasteiger partial charge in [0.2, 0.25) is 5.79 Å². The van der Waals surface area contributed by atoms with Gasteiger partial charge in [-0.1, -0.05) is 67.4 Å². The summed E-state index contributed by atoms with van der Waals surface area (Å²) in [5.41, 5.74) is 3.72. The zero-order chi connectivity index (χ0) is 40.9. The fourth-order valence-electron chi connectivity index (χ4n) is 9.07. The van der Waals surface area contributed by atoms with Gasteiger partial charge in [0.15, 0.2) is 0 Å². The van der Waals surface area contributed by atoms with Crippen LogP contribution in [0.5, 0.6) is 17.2 Å². The quantitative estimate of drug-likeness (QED) is 0.0469. The topological polar surface area (TPSA) is 119 Å². The first-order valence-corrected chi connectivity index (χ1v) is 22.1. The highest BCUT2D eigenvalue weighted by atomic mass is 32.2. The largest absolute Gasteiger partial charge is 0.459 e. The number of rotatable bonds is 21. The normalized spacial score (nSPS) is 23.8. The van der Waals surface area contributed by atoms with Crippen molar-refractivity contribution in [1.29, 1.82) is 0 Å². The monoisotopic (exact) mass is 812 g/mol. The molecule has 2 aliphatic carbocycles. The highest BCUT2D eigenvalue weighted by Gasteiger charge is 2.65. The number of nitrogens with zero attached hydrogens (tertiary/aromatic N) is 2. The first-order chi connectivity index (χ1) is 28.4. The lowest BCUT2D eigenvalue weighted by molar-refractivity contribution is -0.255. The Kier molecular flexibility index (Phi) is 15.8. The third-order valence-corrected chi connectivity index (χ3v) is 12.3. The zero-order valence-electron chi connectivity index (χ0n) is 34.2. The maximum atomic E-state index is 14.0. The van der Waals surface area contributed by atoms with E-state index in [-0.39, 0.29) is 50.8 Å². The van der Waals surface area contributed by atoms with Crippen molar-refractivity contribution < 1.29 is 38.8 Å². The number of amides is 1. The van der Waals surface area contributed by atoms with Gasteiger partial charge in [-0.15, -0.1) is 18.3 Å². The molecule has 1 saturated carbocycles. The lowest BCUT2D eigenvalue weighted by atomic mass is 9.55. The van der Waals surface area contributed by atoms with Crippen LogP contribution in [0.1, 0.15) is 82.3 Å². The van der Waals surface area contributed by atoms with Gasteiger partial charge in [0.05, 0.1) is 24.8 Å². The molecule has 1 heterocycles. The molecule has 58 heavy (non-hydrogen) atoms. The molecule has 10 nitrogen and oxygen atoms in total. The van der Waals surface area contributed by atoms with Crippen molar-refractivity contribution in [2.24, 2.45) is 22.9 Å². The number of oxime groups is 1. The minimum atomic E-state index is -1.35. The number of fused-ring (bicyclic) bond motifs is 2. The van der Waals surface area contributed by atoms with Crippen LogP contribution in [0.4, 0.5) is 4.79 Å². The second kappa shape index (κ2) is 21.1. The number of benzene rings is 3. The molecule has 3 aromatic carbocycles. The first kappa shape index (κ1) is 43.3. The summed E-state index contributed by atoms with van der Waals surface area (Å²) in [6.45, 7) is 9.22. The molecule has 0 bridgehead atoms. The molecule has 1 amide bonds. The molecule has 6 rings (SSSR count). The molecule has 312 valence electrons. The molecule has 2 N–H and O–H groups in total. The van der Waals surface area contributed by atoms with E-state index in [0.717, 1.165) is 58.7 Å². The van der Waals surface area contributed by atoms with E-state index in [9.17, 15) is 15.0 Å². The minimum absolute atomic E-state index is 0.0944. The van der Waals surface area contributed by atoms with Crippen molar-refractivity contribution in [2.75, 3.05) is 39.2 Å². The summed E-state index contributed by atoms with van der Waals surface area (Å²) < 4.78 is 26.6. The van der Waals surface area contributed by atoms with Gasteiger partial charge in [-0.2, -0.15) is 0 Å². The van der Waals surface area contributed by atoms with Crippen LogP contribution in [0.3, 0.4) is 0 Å². The van der Waals surface area contributed by atoms with E-state index in [1.54, 1.807) is 22.7 Å².